The number of ketones is 1. The van der Waals surface area contributed by atoms with Crippen LogP contribution in [0.5, 0.6) is 5.75 Å². The summed E-state index contributed by atoms with van der Waals surface area (Å²) in [5, 5.41) is 15.9. The van der Waals surface area contributed by atoms with E-state index in [-0.39, 0.29) is 35.5 Å². The first-order valence-corrected chi connectivity index (χ1v) is 12.9. The van der Waals surface area contributed by atoms with Gasteiger partial charge in [-0.15, -0.1) is 0 Å². The lowest BCUT2D eigenvalue weighted by Gasteiger charge is -2.32. The average Bonchev–Trinajstić information content (AvgIpc) is 3.27. The third kappa shape index (κ3) is 4.37. The number of aliphatic hydroxyl groups is 1. The first-order chi connectivity index (χ1) is 17.7. The molecule has 2 saturated heterocycles. The highest BCUT2D eigenvalue weighted by Crippen LogP contribution is 2.65. The zero-order valence-electron chi connectivity index (χ0n) is 21.4. The Morgan fingerprint density at radius 3 is 2.78 bits per heavy atom. The average molecular weight is 511 g/mol. The number of aliphatic hydroxyl groups excluding tert-OH is 1. The number of rotatable bonds is 8. The van der Waals surface area contributed by atoms with Gasteiger partial charge in [-0.05, 0) is 54.7 Å². The van der Waals surface area contributed by atoms with E-state index in [0.29, 0.717) is 31.0 Å². The van der Waals surface area contributed by atoms with Gasteiger partial charge < -0.3 is 30.4 Å². The van der Waals surface area contributed by atoms with Crippen LogP contribution in [0, 0.1) is 23.2 Å². The van der Waals surface area contributed by atoms with Crippen LogP contribution >= 0.6 is 0 Å². The van der Waals surface area contributed by atoms with Crippen molar-refractivity contribution in [1.82, 2.24) is 20.5 Å². The van der Waals surface area contributed by atoms with Gasteiger partial charge in [-0.2, -0.15) is 0 Å². The van der Waals surface area contributed by atoms with Crippen LogP contribution in [0.2, 0.25) is 0 Å². The predicted octanol–water partition coefficient (Wildman–Crippen LogP) is 1.24. The van der Waals surface area contributed by atoms with Gasteiger partial charge in [0.1, 0.15) is 24.1 Å². The molecule has 37 heavy (non-hydrogen) atoms. The molecule has 1 unspecified atom stereocenters. The summed E-state index contributed by atoms with van der Waals surface area (Å²) in [6, 6.07) is 5.49. The third-order valence-electron chi connectivity index (χ3n) is 8.59. The summed E-state index contributed by atoms with van der Waals surface area (Å²) in [6.07, 6.45) is 1.53. The Morgan fingerprint density at radius 1 is 1.30 bits per heavy atom. The topological polar surface area (TPSA) is 141 Å². The number of carbonyl (C=O) groups is 4. The lowest BCUT2D eigenvalue weighted by molar-refractivity contribution is -0.134. The summed E-state index contributed by atoms with van der Waals surface area (Å²) in [7, 11) is 1.57. The van der Waals surface area contributed by atoms with Gasteiger partial charge in [-0.1, -0.05) is 19.9 Å². The van der Waals surface area contributed by atoms with E-state index in [1.165, 1.54) is 0 Å². The monoisotopic (exact) mass is 510 g/mol. The second-order valence-corrected chi connectivity index (χ2v) is 11.0. The van der Waals surface area contributed by atoms with Gasteiger partial charge >= 0.3 is 0 Å². The molecule has 2 aliphatic heterocycles. The summed E-state index contributed by atoms with van der Waals surface area (Å²) in [5.41, 5.74) is 1.01. The van der Waals surface area contributed by atoms with Gasteiger partial charge in [0.15, 0.2) is 5.78 Å². The van der Waals surface area contributed by atoms with Crippen molar-refractivity contribution in [2.75, 3.05) is 26.8 Å². The Bertz CT molecular complexity index is 1250. The molecular weight excluding hydrogens is 476 g/mol. The quantitative estimate of drug-likeness (QED) is 0.421. The van der Waals surface area contributed by atoms with Crippen molar-refractivity contribution in [3.8, 4) is 5.75 Å². The van der Waals surface area contributed by atoms with E-state index in [1.54, 1.807) is 18.1 Å². The van der Waals surface area contributed by atoms with E-state index < -0.39 is 36.3 Å². The largest absolute Gasteiger partial charge is 0.496 e. The Labute approximate surface area is 215 Å². The Hall–Kier alpha value is -3.40. The molecule has 4 N–H and O–H groups in total. The van der Waals surface area contributed by atoms with Crippen molar-refractivity contribution in [3.05, 3.63) is 30.0 Å². The molecule has 3 aliphatic rings. The predicted molar refractivity (Wildman–Crippen MR) is 135 cm³/mol. The molecule has 1 saturated carbocycles. The van der Waals surface area contributed by atoms with Crippen molar-refractivity contribution in [2.24, 2.45) is 23.2 Å². The number of carbonyl (C=O) groups excluding carboxylic acids is 4. The van der Waals surface area contributed by atoms with Crippen LogP contribution in [0.25, 0.3) is 10.9 Å². The van der Waals surface area contributed by atoms with Crippen LogP contribution in [-0.4, -0.2) is 77.4 Å². The highest BCUT2D eigenvalue weighted by Gasteiger charge is 2.69. The number of methoxy groups -OCH3 is 1. The molecule has 198 valence electrons. The lowest BCUT2D eigenvalue weighted by atomic mass is 9.90. The molecule has 0 spiro atoms. The Kier molecular flexibility index (Phi) is 6.47. The molecule has 5 rings (SSSR count). The number of likely N-dealkylation sites (tertiary alicyclic amines) is 1. The van der Waals surface area contributed by atoms with E-state index in [1.807, 2.05) is 18.2 Å². The fourth-order valence-electron chi connectivity index (χ4n) is 6.35. The summed E-state index contributed by atoms with van der Waals surface area (Å²) in [6.45, 7) is 4.46. The summed E-state index contributed by atoms with van der Waals surface area (Å²) >= 11 is 0. The van der Waals surface area contributed by atoms with Crippen LogP contribution in [0.4, 0.5) is 0 Å². The van der Waals surface area contributed by atoms with E-state index in [0.717, 1.165) is 17.3 Å². The van der Waals surface area contributed by atoms with Crippen molar-refractivity contribution in [3.63, 3.8) is 0 Å². The maximum absolute atomic E-state index is 13.7. The van der Waals surface area contributed by atoms with Gasteiger partial charge in [-0.25, -0.2) is 0 Å². The number of benzene rings is 1. The molecule has 1 aromatic heterocycles. The van der Waals surface area contributed by atoms with Crippen LogP contribution < -0.4 is 15.4 Å². The van der Waals surface area contributed by atoms with Gasteiger partial charge in [0.2, 0.25) is 11.8 Å². The maximum Gasteiger partial charge on any atom is 0.271 e. The van der Waals surface area contributed by atoms with Gasteiger partial charge in [0, 0.05) is 29.9 Å². The molecule has 2 aromatic rings. The SMILES string of the molecule is COc1cccc2[nH]c(C(=O)N3C[C@H]4[C@@H]([C@H]3C(=O)NC(C[C@@H]3CCCNC3=O)C(=O)CO)C4(C)C)cc12. The smallest absolute Gasteiger partial charge is 0.271 e. The Balaban J connectivity index is 1.39. The molecule has 0 bridgehead atoms. The molecule has 0 radical (unpaired) electrons. The molecule has 3 amide bonds. The van der Waals surface area contributed by atoms with E-state index in [4.69, 9.17) is 4.74 Å². The highest BCUT2D eigenvalue weighted by molar-refractivity contribution is 6.02. The molecule has 1 aliphatic carbocycles. The molecule has 3 heterocycles. The number of hydrogen-bond donors (Lipinski definition) is 4. The number of ether oxygens (including phenoxy) is 1. The minimum atomic E-state index is -0.999. The number of piperidine rings is 2. The standard InChI is InChI=1S/C27H34N4O6/c1-27(2)16-12-31(26(36)19-11-15-17(29-19)7-4-8-21(15)37-3)23(22(16)27)25(35)30-18(20(33)13-32)10-14-6-5-9-28-24(14)34/h4,7-8,11,14,16,18,22-23,29,32H,5-6,9-10,12-13H2,1-3H3,(H,28,34)(H,30,35)/t14-,16-,18?,22-,23-/m0/s1. The summed E-state index contributed by atoms with van der Waals surface area (Å²) in [5.74, 6) is -1.06. The van der Waals surface area contributed by atoms with E-state index >= 15 is 0 Å². The molecule has 1 aromatic carbocycles. The van der Waals surface area contributed by atoms with Crippen LogP contribution in [-0.2, 0) is 14.4 Å². The first-order valence-electron chi connectivity index (χ1n) is 12.9. The van der Waals surface area contributed by atoms with Crippen LogP contribution in [0.15, 0.2) is 24.3 Å². The fourth-order valence-corrected chi connectivity index (χ4v) is 6.35. The normalized spacial score (nSPS) is 26.8. The molecule has 3 fully saturated rings. The van der Waals surface area contributed by atoms with Gasteiger partial charge in [-0.3, -0.25) is 19.2 Å². The number of aromatic amines is 1. The molecular formula is C27H34N4O6. The second kappa shape index (κ2) is 9.48. The van der Waals surface area contributed by atoms with Gasteiger partial charge in [0.25, 0.3) is 5.91 Å². The number of amides is 3. The third-order valence-corrected chi connectivity index (χ3v) is 8.59. The number of nitrogens with one attached hydrogen (secondary N) is 3. The summed E-state index contributed by atoms with van der Waals surface area (Å²) < 4.78 is 5.41. The van der Waals surface area contributed by atoms with Crippen molar-refractivity contribution in [1.29, 1.82) is 0 Å². The zero-order valence-corrected chi connectivity index (χ0v) is 21.4. The van der Waals surface area contributed by atoms with Crippen LogP contribution in [0.3, 0.4) is 0 Å². The minimum absolute atomic E-state index is 0.0433. The highest BCUT2D eigenvalue weighted by atomic mass is 16.5. The molecule has 5 atom stereocenters. The van der Waals surface area contributed by atoms with E-state index in [2.05, 4.69) is 29.5 Å². The number of Topliss-reactive ketones (excluding diaryl/α,β-unsaturated/α-hetero) is 1. The zero-order chi connectivity index (χ0) is 26.5. The van der Waals surface area contributed by atoms with Crippen molar-refractivity contribution < 1.29 is 29.0 Å². The van der Waals surface area contributed by atoms with Crippen LogP contribution in [0.1, 0.15) is 43.6 Å². The van der Waals surface area contributed by atoms with Gasteiger partial charge in [0.05, 0.1) is 13.2 Å². The lowest BCUT2D eigenvalue weighted by Crippen LogP contribution is -2.54. The number of nitrogens with zero attached hydrogens (tertiary/aromatic N) is 1. The number of aromatic nitrogens is 1. The summed E-state index contributed by atoms with van der Waals surface area (Å²) in [4.78, 5) is 56.9. The van der Waals surface area contributed by atoms with Crippen molar-refractivity contribution >= 4 is 34.4 Å². The second-order valence-electron chi connectivity index (χ2n) is 11.0. The van der Waals surface area contributed by atoms with Crippen molar-refractivity contribution in [2.45, 2.75) is 45.2 Å². The maximum atomic E-state index is 13.7. The number of H-pyrrole nitrogens is 1. The minimum Gasteiger partial charge on any atom is -0.496 e. The fraction of sp³-hybridized carbons (Fsp3) is 0.556. The Morgan fingerprint density at radius 2 is 2.08 bits per heavy atom. The molecule has 10 heteroatoms. The first kappa shape index (κ1) is 25.3. The van der Waals surface area contributed by atoms with E-state index in [9.17, 15) is 24.3 Å². The number of fused-ring (bicyclic) bond motifs is 2. The number of hydrogen-bond acceptors (Lipinski definition) is 6. The molecule has 10 nitrogen and oxygen atoms in total.